The zero-order chi connectivity index (χ0) is 12.6. The molecule has 2 bridgehead atoms. The summed E-state index contributed by atoms with van der Waals surface area (Å²) in [6.07, 6.45) is 6.17. The number of ether oxygens (including phenoxy) is 1. The van der Waals surface area contributed by atoms with E-state index in [4.69, 9.17) is 10.5 Å². The Labute approximate surface area is 113 Å². The van der Waals surface area contributed by atoms with Crippen molar-refractivity contribution in [1.29, 1.82) is 0 Å². The highest BCUT2D eigenvalue weighted by atomic mass is 16.5. The van der Waals surface area contributed by atoms with Crippen LogP contribution in [0.25, 0.3) is 0 Å². The average Bonchev–Trinajstić information content (AvgIpc) is 2.72. The highest BCUT2D eigenvalue weighted by molar-refractivity contribution is 5.71. The molecule has 102 valence electrons. The largest absolute Gasteiger partial charge is 0.465 e. The second-order valence-electron chi connectivity index (χ2n) is 8.44. The molecule has 5 aliphatic carbocycles. The molecular formula is C16H21NO2. The second kappa shape index (κ2) is 2.61. The highest BCUT2D eigenvalue weighted by Gasteiger charge is 2.93. The molecule has 1 saturated heterocycles. The summed E-state index contributed by atoms with van der Waals surface area (Å²) in [4.78, 5) is 11.6. The topological polar surface area (TPSA) is 52.3 Å². The molecule has 2 N–H and O–H groups in total. The molecule has 0 aromatic heterocycles. The van der Waals surface area contributed by atoms with Crippen LogP contribution in [0.5, 0.6) is 0 Å². The Morgan fingerprint density at radius 3 is 3.00 bits per heavy atom. The third kappa shape index (κ3) is 0.791. The van der Waals surface area contributed by atoms with Crippen molar-refractivity contribution >= 4 is 5.97 Å². The van der Waals surface area contributed by atoms with Crippen molar-refractivity contribution in [2.45, 2.75) is 38.1 Å². The Morgan fingerprint density at radius 1 is 1.21 bits per heavy atom. The van der Waals surface area contributed by atoms with E-state index in [0.29, 0.717) is 35.1 Å². The van der Waals surface area contributed by atoms with E-state index in [2.05, 4.69) is 0 Å². The van der Waals surface area contributed by atoms with Gasteiger partial charge in [0, 0.05) is 18.4 Å². The normalized spacial score (nSPS) is 70.6. The van der Waals surface area contributed by atoms with Gasteiger partial charge in [0.15, 0.2) is 0 Å². The van der Waals surface area contributed by atoms with E-state index in [1.807, 2.05) is 0 Å². The van der Waals surface area contributed by atoms with Gasteiger partial charge in [-0.1, -0.05) is 0 Å². The van der Waals surface area contributed by atoms with E-state index in [1.54, 1.807) is 0 Å². The average molecular weight is 259 g/mol. The molecule has 0 amide bonds. The molecule has 3 heteroatoms. The lowest BCUT2D eigenvalue weighted by molar-refractivity contribution is -0.157. The van der Waals surface area contributed by atoms with Crippen LogP contribution in [0.1, 0.15) is 32.1 Å². The van der Waals surface area contributed by atoms with E-state index in [1.165, 1.54) is 25.7 Å². The van der Waals surface area contributed by atoms with Gasteiger partial charge < -0.3 is 10.5 Å². The van der Waals surface area contributed by atoms with Crippen molar-refractivity contribution in [3.8, 4) is 0 Å². The van der Waals surface area contributed by atoms with E-state index in [9.17, 15) is 4.79 Å². The number of rotatable bonds is 0. The van der Waals surface area contributed by atoms with Gasteiger partial charge in [-0.25, -0.2) is 0 Å². The van der Waals surface area contributed by atoms with Crippen LogP contribution >= 0.6 is 0 Å². The van der Waals surface area contributed by atoms with Crippen LogP contribution in [0.4, 0.5) is 0 Å². The Kier molecular flexibility index (Phi) is 1.40. The zero-order valence-corrected chi connectivity index (χ0v) is 11.2. The molecule has 1 heterocycles. The molecule has 5 saturated carbocycles. The molecule has 1 aliphatic heterocycles. The highest BCUT2D eigenvalue weighted by Crippen LogP contribution is 2.97. The predicted octanol–water partition coefficient (Wildman–Crippen LogP) is 1.56. The third-order valence-electron chi connectivity index (χ3n) is 8.41. The van der Waals surface area contributed by atoms with Crippen LogP contribution in [0.2, 0.25) is 0 Å². The van der Waals surface area contributed by atoms with Crippen LogP contribution in [0.15, 0.2) is 0 Å². The maximum absolute atomic E-state index is 11.6. The minimum atomic E-state index is 0.0552. The van der Waals surface area contributed by atoms with Gasteiger partial charge in [-0.05, 0) is 66.1 Å². The molecular weight excluding hydrogens is 238 g/mol. The first kappa shape index (κ1) is 10.2. The predicted molar refractivity (Wildman–Crippen MR) is 67.8 cm³/mol. The van der Waals surface area contributed by atoms with Crippen molar-refractivity contribution in [3.63, 3.8) is 0 Å². The van der Waals surface area contributed by atoms with Crippen LogP contribution in [-0.2, 0) is 9.53 Å². The van der Waals surface area contributed by atoms with Crippen molar-refractivity contribution in [1.82, 2.24) is 0 Å². The van der Waals surface area contributed by atoms with E-state index in [-0.39, 0.29) is 5.97 Å². The maximum atomic E-state index is 11.6. The van der Waals surface area contributed by atoms with Crippen LogP contribution in [0, 0.1) is 46.3 Å². The van der Waals surface area contributed by atoms with Gasteiger partial charge in [-0.15, -0.1) is 0 Å². The molecule has 6 aliphatic rings. The lowest BCUT2D eigenvalue weighted by Gasteiger charge is -2.54. The van der Waals surface area contributed by atoms with Gasteiger partial charge in [0.25, 0.3) is 0 Å². The van der Waals surface area contributed by atoms with E-state index >= 15 is 0 Å². The summed E-state index contributed by atoms with van der Waals surface area (Å²) < 4.78 is 5.42. The standard InChI is InChI=1S/C16H21NO2/c17-11-2-7-1-9(11)14-13(7)16-6-15(14,16)4-8-3-12(18)19-5-10(8)16/h7-11,13-14H,1-6,17H2. The van der Waals surface area contributed by atoms with E-state index < -0.39 is 0 Å². The SMILES string of the molecule is NC1CC2CC1C1C2C23CC12CC1CC(=O)OCC13. The maximum Gasteiger partial charge on any atom is 0.306 e. The number of nitrogens with two attached hydrogens (primary N) is 1. The van der Waals surface area contributed by atoms with Gasteiger partial charge in [0.1, 0.15) is 0 Å². The first-order chi connectivity index (χ1) is 9.17. The Balaban J connectivity index is 1.43. The first-order valence-corrected chi connectivity index (χ1v) is 8.08. The fraction of sp³-hybridized carbons (Fsp3) is 0.938. The summed E-state index contributed by atoms with van der Waals surface area (Å²) in [6, 6.07) is 0.486. The summed E-state index contributed by atoms with van der Waals surface area (Å²) in [5, 5.41) is 0. The van der Waals surface area contributed by atoms with Gasteiger partial charge in [-0.3, -0.25) is 4.79 Å². The monoisotopic (exact) mass is 259 g/mol. The van der Waals surface area contributed by atoms with Gasteiger partial charge in [0.2, 0.25) is 0 Å². The summed E-state index contributed by atoms with van der Waals surface area (Å²) in [6.45, 7) is 0.734. The first-order valence-electron chi connectivity index (χ1n) is 8.08. The summed E-state index contributed by atoms with van der Waals surface area (Å²) in [7, 11) is 0. The number of esters is 1. The molecule has 9 unspecified atom stereocenters. The smallest absolute Gasteiger partial charge is 0.306 e. The summed E-state index contributed by atoms with van der Waals surface area (Å²) in [5.41, 5.74) is 7.59. The van der Waals surface area contributed by atoms with Gasteiger partial charge in [0.05, 0.1) is 6.61 Å². The molecule has 9 atom stereocenters. The Morgan fingerprint density at radius 2 is 2.11 bits per heavy atom. The number of hydrogen-bond donors (Lipinski definition) is 1. The molecule has 0 spiro atoms. The second-order valence-corrected chi connectivity index (χ2v) is 8.44. The molecule has 0 radical (unpaired) electrons. The minimum Gasteiger partial charge on any atom is -0.465 e. The van der Waals surface area contributed by atoms with Crippen molar-refractivity contribution in [3.05, 3.63) is 0 Å². The number of fused-ring (bicyclic) bond motifs is 6. The summed E-state index contributed by atoms with van der Waals surface area (Å²) in [5.74, 6) is 5.04. The van der Waals surface area contributed by atoms with E-state index in [0.717, 1.165) is 30.3 Å². The van der Waals surface area contributed by atoms with Crippen LogP contribution in [0.3, 0.4) is 0 Å². The number of hydrogen-bond acceptors (Lipinski definition) is 3. The van der Waals surface area contributed by atoms with Crippen molar-refractivity contribution < 1.29 is 9.53 Å². The van der Waals surface area contributed by atoms with Gasteiger partial charge in [-0.2, -0.15) is 0 Å². The zero-order valence-electron chi connectivity index (χ0n) is 11.2. The lowest BCUT2D eigenvalue weighted by Crippen LogP contribution is -2.54. The molecule has 0 aromatic carbocycles. The van der Waals surface area contributed by atoms with Crippen molar-refractivity contribution in [2.24, 2.45) is 52.1 Å². The van der Waals surface area contributed by atoms with Gasteiger partial charge >= 0.3 is 5.97 Å². The molecule has 6 fully saturated rings. The molecule has 6 rings (SSSR count). The van der Waals surface area contributed by atoms with Crippen molar-refractivity contribution in [2.75, 3.05) is 6.61 Å². The molecule has 3 nitrogen and oxygen atoms in total. The minimum absolute atomic E-state index is 0.0552. The number of cyclic esters (lactones) is 1. The quantitative estimate of drug-likeness (QED) is 0.672. The Hall–Kier alpha value is -0.570. The Bertz CT molecular complexity index is 519. The fourth-order valence-electron chi connectivity index (χ4n) is 8.30. The fourth-order valence-corrected chi connectivity index (χ4v) is 8.30. The number of carbonyl (C=O) groups is 1. The molecule has 19 heavy (non-hydrogen) atoms. The molecule has 0 aromatic rings. The third-order valence-corrected chi connectivity index (χ3v) is 8.41. The number of carbonyl (C=O) groups excluding carboxylic acids is 1. The summed E-state index contributed by atoms with van der Waals surface area (Å²) >= 11 is 0. The van der Waals surface area contributed by atoms with Crippen LogP contribution in [-0.4, -0.2) is 18.6 Å². The van der Waals surface area contributed by atoms with Crippen LogP contribution < -0.4 is 5.73 Å². The lowest BCUT2D eigenvalue weighted by atomic mass is 9.51.